The van der Waals surface area contributed by atoms with Gasteiger partial charge in [0.2, 0.25) is 5.91 Å². The Bertz CT molecular complexity index is 1430. The molecule has 2 heterocycles. The lowest BCUT2D eigenvalue weighted by molar-refractivity contribution is -0.121. The van der Waals surface area contributed by atoms with E-state index in [-0.39, 0.29) is 30.3 Å². The van der Waals surface area contributed by atoms with Crippen molar-refractivity contribution in [1.82, 2.24) is 25.3 Å². The minimum absolute atomic E-state index is 0. The molecule has 1 atom stereocenters. The van der Waals surface area contributed by atoms with Crippen molar-refractivity contribution in [1.29, 1.82) is 0 Å². The molecule has 4 aromatic rings. The van der Waals surface area contributed by atoms with Gasteiger partial charge in [-0.1, -0.05) is 48.5 Å². The van der Waals surface area contributed by atoms with Crippen molar-refractivity contribution in [3.05, 3.63) is 102 Å². The highest BCUT2D eigenvalue weighted by atomic mass is 35.5. The predicted molar refractivity (Wildman–Crippen MR) is 167 cm³/mol. The highest BCUT2D eigenvalue weighted by molar-refractivity contribution is 6.00. The molecule has 3 aromatic carbocycles. The van der Waals surface area contributed by atoms with E-state index in [1.807, 2.05) is 83.9 Å². The van der Waals surface area contributed by atoms with E-state index < -0.39 is 0 Å². The van der Waals surface area contributed by atoms with Gasteiger partial charge in [0, 0.05) is 43.9 Å². The van der Waals surface area contributed by atoms with Crippen LogP contribution >= 0.6 is 12.4 Å². The van der Waals surface area contributed by atoms with Crippen molar-refractivity contribution in [2.24, 2.45) is 0 Å². The van der Waals surface area contributed by atoms with Gasteiger partial charge in [0.25, 0.3) is 5.91 Å². The summed E-state index contributed by atoms with van der Waals surface area (Å²) in [6, 6.07) is 27.5. The summed E-state index contributed by atoms with van der Waals surface area (Å²) in [6.45, 7) is 2.45. The summed E-state index contributed by atoms with van der Waals surface area (Å²) in [6.07, 6.45) is 4.63. The molecule has 5 rings (SSSR count). The first-order valence-electron chi connectivity index (χ1n) is 14.3. The topological polar surface area (TPSA) is 88.5 Å². The van der Waals surface area contributed by atoms with E-state index >= 15 is 0 Å². The second kappa shape index (κ2) is 15.2. The minimum Gasteiger partial charge on any atom is -0.497 e. The Kier molecular flexibility index (Phi) is 11.1. The molecule has 42 heavy (non-hydrogen) atoms. The maximum atomic E-state index is 14.1. The number of nitrogens with zero attached hydrogens (tertiary/aromatic N) is 3. The predicted octanol–water partition coefficient (Wildman–Crippen LogP) is 5.43. The molecule has 1 aromatic heterocycles. The van der Waals surface area contributed by atoms with Gasteiger partial charge < -0.3 is 20.3 Å². The Morgan fingerprint density at radius 2 is 1.57 bits per heavy atom. The van der Waals surface area contributed by atoms with Gasteiger partial charge in [-0.3, -0.25) is 9.59 Å². The second-order valence-electron chi connectivity index (χ2n) is 10.2. The van der Waals surface area contributed by atoms with Crippen LogP contribution in [0.2, 0.25) is 0 Å². The Labute approximate surface area is 253 Å². The molecular weight excluding hydrogens is 550 g/mol. The zero-order valence-electron chi connectivity index (χ0n) is 23.9. The number of aromatic nitrogens is 2. The van der Waals surface area contributed by atoms with Crippen molar-refractivity contribution >= 4 is 24.2 Å². The molecule has 1 aliphatic rings. The number of carbonyl (C=O) groups excluding carboxylic acids is 2. The molecule has 0 radical (unpaired) electrons. The number of hydrogen-bond acceptors (Lipinski definition) is 5. The molecule has 2 amide bonds. The van der Waals surface area contributed by atoms with Crippen LogP contribution in [-0.2, 0) is 4.79 Å². The van der Waals surface area contributed by atoms with Gasteiger partial charge in [0.15, 0.2) is 0 Å². The number of halogens is 1. The molecule has 9 heteroatoms. The summed E-state index contributed by atoms with van der Waals surface area (Å²) in [7, 11) is 1.63. The van der Waals surface area contributed by atoms with Crippen LogP contribution in [0, 0.1) is 0 Å². The third-order valence-corrected chi connectivity index (χ3v) is 7.38. The lowest BCUT2D eigenvalue weighted by Crippen LogP contribution is -2.35. The van der Waals surface area contributed by atoms with Gasteiger partial charge in [-0.2, -0.15) is 5.10 Å². The number of methoxy groups -OCH3 is 1. The summed E-state index contributed by atoms with van der Waals surface area (Å²) in [5.74, 6) is 0.692. The largest absolute Gasteiger partial charge is 0.497 e. The number of benzene rings is 3. The van der Waals surface area contributed by atoms with Crippen LogP contribution in [0.1, 0.15) is 47.6 Å². The van der Waals surface area contributed by atoms with Crippen LogP contribution in [0.25, 0.3) is 16.9 Å². The third kappa shape index (κ3) is 7.78. The lowest BCUT2D eigenvalue weighted by atomic mass is 10.0. The Morgan fingerprint density at radius 1 is 0.881 bits per heavy atom. The van der Waals surface area contributed by atoms with Gasteiger partial charge >= 0.3 is 0 Å². The summed E-state index contributed by atoms with van der Waals surface area (Å²) in [5, 5.41) is 11.4. The molecular formula is C33H38ClN5O3. The van der Waals surface area contributed by atoms with E-state index in [9.17, 15) is 9.59 Å². The molecule has 1 aliphatic heterocycles. The quantitative estimate of drug-likeness (QED) is 0.325. The van der Waals surface area contributed by atoms with Crippen LogP contribution in [0.15, 0.2) is 91.1 Å². The standard InChI is InChI=1S/C33H37N5O3.ClH/c1-41-28-17-15-26(16-18-28)32-29(24-38(36-32)27-13-6-3-7-14-27)33(40)37-21-9-8-19-34-30(25-11-4-2-5-12-25)23-31(39)35-20-10-22-37;/h2-7,11-18,24,30,34H,8-10,19-23H2,1H3,(H,35,39);1H. The normalized spacial score (nSPS) is 16.6. The fraction of sp³-hybridized carbons (Fsp3) is 0.303. The lowest BCUT2D eigenvalue weighted by Gasteiger charge is -2.23. The van der Waals surface area contributed by atoms with E-state index in [0.717, 1.165) is 42.0 Å². The summed E-state index contributed by atoms with van der Waals surface area (Å²) < 4.78 is 7.10. The Hall–Kier alpha value is -4.14. The number of hydrogen-bond donors (Lipinski definition) is 2. The van der Waals surface area contributed by atoms with E-state index in [2.05, 4.69) is 22.8 Å². The van der Waals surface area contributed by atoms with Crippen LogP contribution in [-0.4, -0.2) is 59.8 Å². The number of rotatable bonds is 5. The molecule has 1 fully saturated rings. The number of ether oxygens (including phenoxy) is 1. The fourth-order valence-electron chi connectivity index (χ4n) is 5.14. The van der Waals surface area contributed by atoms with Crippen LogP contribution < -0.4 is 15.4 Å². The molecule has 8 nitrogen and oxygen atoms in total. The summed E-state index contributed by atoms with van der Waals surface area (Å²) >= 11 is 0. The first kappa shape index (κ1) is 30.8. The first-order valence-corrected chi connectivity index (χ1v) is 14.3. The monoisotopic (exact) mass is 587 g/mol. The van der Waals surface area contributed by atoms with Crippen LogP contribution in [0.3, 0.4) is 0 Å². The van der Waals surface area contributed by atoms with Gasteiger partial charge in [-0.05, 0) is 67.8 Å². The van der Waals surface area contributed by atoms with Crippen molar-refractivity contribution in [3.63, 3.8) is 0 Å². The average Bonchev–Trinajstić information content (AvgIpc) is 3.47. The SMILES string of the molecule is COc1ccc(-c2nn(-c3ccccc3)cc2C(=O)N2CCCCNC(c3ccccc3)CC(=O)NCCC2)cc1.Cl. The maximum absolute atomic E-state index is 14.1. The minimum atomic E-state index is -0.0608. The highest BCUT2D eigenvalue weighted by Gasteiger charge is 2.24. The van der Waals surface area contributed by atoms with Gasteiger partial charge in [0.05, 0.1) is 18.4 Å². The Balaban J connectivity index is 0.00000405. The van der Waals surface area contributed by atoms with Crippen molar-refractivity contribution in [3.8, 4) is 22.7 Å². The Morgan fingerprint density at radius 3 is 2.29 bits per heavy atom. The first-order chi connectivity index (χ1) is 20.1. The number of para-hydroxylation sites is 1. The van der Waals surface area contributed by atoms with E-state index in [0.29, 0.717) is 43.7 Å². The van der Waals surface area contributed by atoms with Crippen LogP contribution in [0.4, 0.5) is 0 Å². The molecule has 1 unspecified atom stereocenters. The molecule has 1 saturated heterocycles. The van der Waals surface area contributed by atoms with E-state index in [4.69, 9.17) is 9.84 Å². The van der Waals surface area contributed by atoms with Crippen molar-refractivity contribution < 1.29 is 14.3 Å². The average molecular weight is 588 g/mol. The molecule has 0 spiro atoms. The summed E-state index contributed by atoms with van der Waals surface area (Å²) in [4.78, 5) is 28.7. The van der Waals surface area contributed by atoms with E-state index in [1.54, 1.807) is 11.8 Å². The number of nitrogens with one attached hydrogen (secondary N) is 2. The molecule has 220 valence electrons. The van der Waals surface area contributed by atoms with Gasteiger partial charge in [-0.25, -0.2) is 4.68 Å². The smallest absolute Gasteiger partial charge is 0.257 e. The zero-order valence-corrected chi connectivity index (χ0v) is 24.7. The van der Waals surface area contributed by atoms with Crippen molar-refractivity contribution in [2.45, 2.75) is 31.7 Å². The maximum Gasteiger partial charge on any atom is 0.257 e. The van der Waals surface area contributed by atoms with Gasteiger partial charge in [0.1, 0.15) is 11.4 Å². The second-order valence-corrected chi connectivity index (χ2v) is 10.2. The van der Waals surface area contributed by atoms with Crippen molar-refractivity contribution in [2.75, 3.05) is 33.3 Å². The third-order valence-electron chi connectivity index (χ3n) is 7.38. The number of carbonyl (C=O) groups is 2. The number of amides is 2. The zero-order chi connectivity index (χ0) is 28.4. The van der Waals surface area contributed by atoms with E-state index in [1.165, 1.54) is 0 Å². The molecule has 0 saturated carbocycles. The molecule has 0 bridgehead atoms. The molecule has 0 aliphatic carbocycles. The van der Waals surface area contributed by atoms with Gasteiger partial charge in [-0.15, -0.1) is 12.4 Å². The highest BCUT2D eigenvalue weighted by Crippen LogP contribution is 2.27. The fourth-order valence-corrected chi connectivity index (χ4v) is 5.14. The molecule has 2 N–H and O–H groups in total. The summed E-state index contributed by atoms with van der Waals surface area (Å²) in [5.41, 5.74) is 4.02. The van der Waals surface area contributed by atoms with Crippen LogP contribution in [0.5, 0.6) is 5.75 Å².